The van der Waals surface area contributed by atoms with Gasteiger partial charge in [-0.2, -0.15) is 4.73 Å². The normalized spacial score (nSPS) is 17.5. The van der Waals surface area contributed by atoms with Crippen molar-refractivity contribution in [1.29, 1.82) is 0 Å². The van der Waals surface area contributed by atoms with Crippen LogP contribution in [0.3, 0.4) is 0 Å². The number of rotatable bonds is 15. The van der Waals surface area contributed by atoms with E-state index in [1.807, 2.05) is 66.7 Å². The van der Waals surface area contributed by atoms with Gasteiger partial charge in [-0.25, -0.2) is 0 Å². The SMILES string of the molecule is CC(=O)NCCCCCC(=O)NCc1cccc(-c2cccc([C@@H]3O[C@H](CSc4cccc[n+]4[O-])C[C@H](c4ccc(CO)cc4)O3)c2)c1. The van der Waals surface area contributed by atoms with Crippen LogP contribution < -0.4 is 15.4 Å². The van der Waals surface area contributed by atoms with Crippen molar-refractivity contribution in [2.75, 3.05) is 12.3 Å². The van der Waals surface area contributed by atoms with Crippen LogP contribution in [-0.4, -0.2) is 35.3 Å². The molecule has 1 aliphatic rings. The van der Waals surface area contributed by atoms with E-state index >= 15 is 0 Å². The summed E-state index contributed by atoms with van der Waals surface area (Å²) in [5.41, 5.74) is 5.75. The molecule has 5 rings (SSSR count). The first kappa shape index (κ1) is 35.1. The molecule has 3 aromatic carbocycles. The number of amides is 2. The lowest BCUT2D eigenvalue weighted by Crippen LogP contribution is -2.32. The molecule has 9 nitrogen and oxygen atoms in total. The predicted octanol–water partition coefficient (Wildman–Crippen LogP) is 6.13. The van der Waals surface area contributed by atoms with Crippen molar-refractivity contribution in [2.24, 2.45) is 0 Å². The Hall–Kier alpha value is -4.22. The van der Waals surface area contributed by atoms with Crippen LogP contribution in [0.4, 0.5) is 0 Å². The van der Waals surface area contributed by atoms with Gasteiger partial charge < -0.3 is 30.4 Å². The average Bonchev–Trinajstić information content (AvgIpc) is 3.12. The Balaban J connectivity index is 1.24. The van der Waals surface area contributed by atoms with Gasteiger partial charge in [0, 0.05) is 56.3 Å². The van der Waals surface area contributed by atoms with Gasteiger partial charge in [-0.1, -0.05) is 78.8 Å². The van der Waals surface area contributed by atoms with Crippen LogP contribution >= 0.6 is 11.8 Å². The molecule has 10 heteroatoms. The molecular formula is C38H43N3O6S. The topological polar surface area (TPSA) is 124 Å². The van der Waals surface area contributed by atoms with E-state index in [0.29, 0.717) is 36.7 Å². The van der Waals surface area contributed by atoms with Crippen molar-refractivity contribution in [2.45, 2.75) is 75.7 Å². The van der Waals surface area contributed by atoms with Gasteiger partial charge in [0.05, 0.1) is 18.8 Å². The molecule has 1 aromatic heterocycles. The number of pyridine rings is 1. The number of unbranched alkanes of at least 4 members (excludes halogenated alkanes) is 2. The fourth-order valence-electron chi connectivity index (χ4n) is 5.59. The molecule has 252 valence electrons. The first-order valence-electron chi connectivity index (χ1n) is 16.4. The molecule has 0 saturated carbocycles. The number of ether oxygens (including phenoxy) is 2. The number of hydrogen-bond acceptors (Lipinski definition) is 7. The number of carbonyl (C=O) groups excluding carboxylic acids is 2. The highest BCUT2D eigenvalue weighted by atomic mass is 32.2. The van der Waals surface area contributed by atoms with Gasteiger partial charge in [0.2, 0.25) is 11.8 Å². The molecule has 0 aliphatic carbocycles. The number of nitrogens with one attached hydrogen (secondary N) is 2. The number of hydrogen-bond donors (Lipinski definition) is 3. The largest absolute Gasteiger partial charge is 0.618 e. The number of nitrogens with zero attached hydrogens (tertiary/aromatic N) is 1. The molecule has 3 atom stereocenters. The lowest BCUT2D eigenvalue weighted by molar-refractivity contribution is -0.645. The van der Waals surface area contributed by atoms with Crippen LogP contribution in [0.15, 0.2) is 102 Å². The lowest BCUT2D eigenvalue weighted by Gasteiger charge is -2.36. The third-order valence-electron chi connectivity index (χ3n) is 8.18. The van der Waals surface area contributed by atoms with E-state index in [9.17, 15) is 19.9 Å². The summed E-state index contributed by atoms with van der Waals surface area (Å²) >= 11 is 1.46. The molecule has 0 spiro atoms. The Morgan fingerprint density at radius 1 is 0.875 bits per heavy atom. The van der Waals surface area contributed by atoms with Gasteiger partial charge in [-0.3, -0.25) is 9.59 Å². The Morgan fingerprint density at radius 3 is 2.44 bits per heavy atom. The maximum absolute atomic E-state index is 12.4. The van der Waals surface area contributed by atoms with Crippen molar-refractivity contribution in [3.63, 3.8) is 0 Å². The maximum Gasteiger partial charge on any atom is 0.251 e. The van der Waals surface area contributed by atoms with Crippen LogP contribution in [-0.2, 0) is 32.2 Å². The van der Waals surface area contributed by atoms with Gasteiger partial charge in [-0.05, 0) is 58.9 Å². The standard InChI is InChI=1S/C38H43N3O6S/c1-27(43)39-19-5-2-3-13-36(44)40-24-29-9-7-10-31(21-29)32-11-8-12-33(22-32)38-46-34(26-48-37-14-4-6-20-41(37)45)23-35(47-38)30-17-15-28(25-42)16-18-30/h4,6-12,14-18,20-22,34-35,38,42H,2-3,5,13,19,23-26H2,1H3,(H,39,43)(H,40,44)/t34-,35+,38+/m0/s1. The van der Waals surface area contributed by atoms with Gasteiger partial charge in [-0.15, -0.1) is 0 Å². The van der Waals surface area contributed by atoms with E-state index in [2.05, 4.69) is 22.8 Å². The molecule has 0 bridgehead atoms. The summed E-state index contributed by atoms with van der Waals surface area (Å²) in [6.45, 7) is 2.56. The van der Waals surface area contributed by atoms with Gasteiger partial charge >= 0.3 is 0 Å². The molecule has 1 fully saturated rings. The zero-order chi connectivity index (χ0) is 33.7. The minimum Gasteiger partial charge on any atom is -0.618 e. The highest BCUT2D eigenvalue weighted by molar-refractivity contribution is 7.99. The smallest absolute Gasteiger partial charge is 0.251 e. The predicted molar refractivity (Wildman–Crippen MR) is 185 cm³/mol. The molecule has 1 aliphatic heterocycles. The Kier molecular flexibility index (Phi) is 13.0. The quantitative estimate of drug-likeness (QED) is 0.0602. The second kappa shape index (κ2) is 17.8. The van der Waals surface area contributed by atoms with Crippen LogP contribution in [0.25, 0.3) is 11.1 Å². The average molecular weight is 670 g/mol. The fourth-order valence-corrected chi connectivity index (χ4v) is 6.53. The number of benzene rings is 3. The van der Waals surface area contributed by atoms with Crippen molar-refractivity contribution in [3.8, 4) is 11.1 Å². The van der Waals surface area contributed by atoms with E-state index in [-0.39, 0.29) is 30.6 Å². The maximum atomic E-state index is 12.4. The summed E-state index contributed by atoms with van der Waals surface area (Å²) in [5, 5.41) is 28.2. The summed E-state index contributed by atoms with van der Waals surface area (Å²) in [6.07, 6.45) is 4.07. The number of thioether (sulfide) groups is 1. The zero-order valence-electron chi connectivity index (χ0n) is 27.2. The molecule has 1 saturated heterocycles. The first-order chi connectivity index (χ1) is 23.4. The number of aliphatic hydroxyl groups excluding tert-OH is 1. The summed E-state index contributed by atoms with van der Waals surface area (Å²) in [6, 6.07) is 29.4. The molecular weight excluding hydrogens is 627 g/mol. The van der Waals surface area contributed by atoms with Gasteiger partial charge in [0.1, 0.15) is 0 Å². The van der Waals surface area contributed by atoms with E-state index in [1.54, 1.807) is 12.1 Å². The van der Waals surface area contributed by atoms with Crippen LogP contribution in [0.5, 0.6) is 0 Å². The highest BCUT2D eigenvalue weighted by Gasteiger charge is 2.33. The molecule has 4 aromatic rings. The van der Waals surface area contributed by atoms with Crippen molar-refractivity contribution >= 4 is 23.6 Å². The van der Waals surface area contributed by atoms with E-state index in [4.69, 9.17) is 9.47 Å². The van der Waals surface area contributed by atoms with Crippen molar-refractivity contribution in [1.82, 2.24) is 10.6 Å². The fraction of sp³-hybridized carbons (Fsp3) is 0.342. The molecule has 2 heterocycles. The molecule has 0 radical (unpaired) electrons. The van der Waals surface area contributed by atoms with Gasteiger partial charge in [0.15, 0.2) is 12.5 Å². The second-order valence-electron chi connectivity index (χ2n) is 11.9. The summed E-state index contributed by atoms with van der Waals surface area (Å²) in [7, 11) is 0. The number of carbonyl (C=O) groups is 2. The summed E-state index contributed by atoms with van der Waals surface area (Å²) in [4.78, 5) is 23.4. The van der Waals surface area contributed by atoms with Crippen LogP contribution in [0.2, 0.25) is 0 Å². The van der Waals surface area contributed by atoms with Crippen molar-refractivity contribution in [3.05, 3.63) is 125 Å². The first-order valence-corrected chi connectivity index (χ1v) is 17.4. The Morgan fingerprint density at radius 2 is 1.67 bits per heavy atom. The third kappa shape index (κ3) is 10.4. The molecule has 2 amide bonds. The van der Waals surface area contributed by atoms with Crippen LogP contribution in [0, 0.1) is 5.21 Å². The highest BCUT2D eigenvalue weighted by Crippen LogP contribution is 2.40. The molecule has 48 heavy (non-hydrogen) atoms. The van der Waals surface area contributed by atoms with E-state index in [0.717, 1.165) is 57.4 Å². The van der Waals surface area contributed by atoms with Gasteiger partial charge in [0.25, 0.3) is 5.03 Å². The molecule has 3 N–H and O–H groups in total. The number of aromatic nitrogens is 1. The number of aliphatic hydroxyl groups is 1. The lowest BCUT2D eigenvalue weighted by atomic mass is 9.99. The Bertz CT molecular complexity index is 1650. The summed E-state index contributed by atoms with van der Waals surface area (Å²) in [5.74, 6) is 0.566. The minimum atomic E-state index is -0.623. The molecule has 0 unspecified atom stereocenters. The zero-order valence-corrected chi connectivity index (χ0v) is 28.0. The Labute approximate surface area is 286 Å². The second-order valence-corrected chi connectivity index (χ2v) is 13.0. The minimum absolute atomic E-state index is 0.0131. The van der Waals surface area contributed by atoms with Crippen LogP contribution in [0.1, 0.15) is 73.7 Å². The third-order valence-corrected chi connectivity index (χ3v) is 9.33. The van der Waals surface area contributed by atoms with E-state index in [1.165, 1.54) is 24.9 Å². The summed E-state index contributed by atoms with van der Waals surface area (Å²) < 4.78 is 13.9. The monoisotopic (exact) mass is 669 g/mol. The van der Waals surface area contributed by atoms with Crippen molar-refractivity contribution < 1.29 is 28.9 Å². The van der Waals surface area contributed by atoms with E-state index < -0.39 is 6.29 Å².